The van der Waals surface area contributed by atoms with Gasteiger partial charge in [0, 0.05) is 31.2 Å². The van der Waals surface area contributed by atoms with E-state index in [-0.39, 0.29) is 0 Å². The summed E-state index contributed by atoms with van der Waals surface area (Å²) in [6.07, 6.45) is 7.26. The van der Waals surface area contributed by atoms with Gasteiger partial charge in [0.2, 0.25) is 5.91 Å². The van der Waals surface area contributed by atoms with Gasteiger partial charge < -0.3 is 20.4 Å². The number of nitrogens with one attached hydrogen (secondary N) is 1. The van der Waals surface area contributed by atoms with Crippen LogP contribution in [-0.2, 0) is 14.4 Å². The molecule has 3 rings (SSSR count). The highest BCUT2D eigenvalue weighted by molar-refractivity contribution is 5.89. The Bertz CT molecular complexity index is 471. The van der Waals surface area contributed by atoms with E-state index in [4.69, 9.17) is 10.2 Å². The van der Waals surface area contributed by atoms with Crippen LogP contribution >= 0.6 is 0 Å². The number of nitrogens with zero attached hydrogens (tertiary/aromatic N) is 1. The highest BCUT2D eigenvalue weighted by atomic mass is 16.4. The molecule has 2 atom stereocenters. The minimum absolute atomic E-state index is 0.367. The molecule has 0 aromatic heterocycles. The Morgan fingerprint density at radius 3 is 1.88 bits per heavy atom. The number of amides is 1. The lowest BCUT2D eigenvalue weighted by Gasteiger charge is -2.42. The molecule has 0 aromatic rings. The molecule has 1 amide bonds. The quantitative estimate of drug-likeness (QED) is 0.662. The van der Waals surface area contributed by atoms with E-state index < -0.39 is 11.9 Å². The van der Waals surface area contributed by atoms with E-state index in [9.17, 15) is 14.4 Å². The van der Waals surface area contributed by atoms with E-state index >= 15 is 0 Å². The van der Waals surface area contributed by atoms with E-state index in [2.05, 4.69) is 10.2 Å². The smallest absolute Gasteiger partial charge is 0.328 e. The Morgan fingerprint density at radius 1 is 0.917 bits per heavy atom. The second-order valence-electron chi connectivity index (χ2n) is 6.86. The first-order valence-corrected chi connectivity index (χ1v) is 8.59. The summed E-state index contributed by atoms with van der Waals surface area (Å²) in [5.41, 5.74) is 0. The zero-order valence-corrected chi connectivity index (χ0v) is 13.8. The molecule has 7 nitrogen and oxygen atoms in total. The lowest BCUT2D eigenvalue weighted by atomic mass is 9.85. The number of rotatable bonds is 3. The van der Waals surface area contributed by atoms with E-state index in [1.165, 1.54) is 19.3 Å². The third kappa shape index (κ3) is 5.63. The van der Waals surface area contributed by atoms with Crippen LogP contribution < -0.4 is 5.32 Å². The molecule has 2 aliphatic heterocycles. The maximum atomic E-state index is 12.3. The summed E-state index contributed by atoms with van der Waals surface area (Å²) in [4.78, 5) is 33.6. The largest absolute Gasteiger partial charge is 0.478 e. The summed E-state index contributed by atoms with van der Waals surface area (Å²) in [7, 11) is 0. The maximum absolute atomic E-state index is 12.3. The number of likely N-dealkylation sites (tertiary alicyclic amines) is 1. The second-order valence-corrected chi connectivity index (χ2v) is 6.86. The Balaban J connectivity index is 0.000000224. The maximum Gasteiger partial charge on any atom is 0.328 e. The molecule has 134 valence electrons. The molecular formula is C17H26N2O5. The molecule has 3 N–H and O–H groups in total. The highest BCUT2D eigenvalue weighted by Crippen LogP contribution is 2.30. The van der Waals surface area contributed by atoms with Crippen molar-refractivity contribution in [3.63, 3.8) is 0 Å². The van der Waals surface area contributed by atoms with Gasteiger partial charge in [0.15, 0.2) is 0 Å². The first-order valence-electron chi connectivity index (χ1n) is 8.59. The van der Waals surface area contributed by atoms with Crippen molar-refractivity contribution in [1.82, 2.24) is 10.2 Å². The SMILES string of the molecule is O=C(C1CCCC1)N1C[C@@H]2CNC[C@@H](C2)C1.O=C(O)/C=C/C(=O)O. The van der Waals surface area contributed by atoms with Gasteiger partial charge in [-0.3, -0.25) is 4.79 Å². The number of aliphatic carboxylic acids is 2. The fraction of sp³-hybridized carbons (Fsp3) is 0.706. The second kappa shape index (κ2) is 8.82. The molecule has 0 unspecified atom stereocenters. The zero-order chi connectivity index (χ0) is 17.5. The van der Waals surface area contributed by atoms with Crippen LogP contribution in [0, 0.1) is 17.8 Å². The van der Waals surface area contributed by atoms with Gasteiger partial charge in [-0.2, -0.15) is 0 Å². The van der Waals surface area contributed by atoms with Crippen LogP contribution in [-0.4, -0.2) is 59.1 Å². The van der Waals surface area contributed by atoms with Crippen LogP contribution in [0.2, 0.25) is 0 Å². The first kappa shape index (κ1) is 18.4. The lowest BCUT2D eigenvalue weighted by molar-refractivity contribution is -0.139. The normalized spacial score (nSPS) is 26.8. The van der Waals surface area contributed by atoms with E-state index in [0.29, 0.717) is 24.0 Å². The molecule has 2 heterocycles. The van der Waals surface area contributed by atoms with Crippen LogP contribution in [0.1, 0.15) is 32.1 Å². The van der Waals surface area contributed by atoms with Crippen molar-refractivity contribution in [2.24, 2.45) is 17.8 Å². The number of carbonyl (C=O) groups is 3. The molecule has 3 fully saturated rings. The van der Waals surface area contributed by atoms with Crippen molar-refractivity contribution in [3.05, 3.63) is 12.2 Å². The van der Waals surface area contributed by atoms with Crippen molar-refractivity contribution in [1.29, 1.82) is 0 Å². The topological polar surface area (TPSA) is 107 Å². The van der Waals surface area contributed by atoms with Crippen LogP contribution in [0.5, 0.6) is 0 Å². The number of carboxylic acid groups (broad SMARTS) is 2. The fourth-order valence-corrected chi connectivity index (χ4v) is 3.86. The Kier molecular flexibility index (Phi) is 6.78. The number of piperidine rings is 2. The van der Waals surface area contributed by atoms with Gasteiger partial charge in [-0.1, -0.05) is 12.8 Å². The third-order valence-electron chi connectivity index (χ3n) is 4.87. The summed E-state index contributed by atoms with van der Waals surface area (Å²) in [6, 6.07) is 0. The van der Waals surface area contributed by atoms with Gasteiger partial charge >= 0.3 is 11.9 Å². The summed E-state index contributed by atoms with van der Waals surface area (Å²) in [5.74, 6) is -0.239. The van der Waals surface area contributed by atoms with Gasteiger partial charge in [0.25, 0.3) is 0 Å². The van der Waals surface area contributed by atoms with Crippen molar-refractivity contribution < 1.29 is 24.6 Å². The van der Waals surface area contributed by atoms with Crippen LogP contribution in [0.15, 0.2) is 12.2 Å². The van der Waals surface area contributed by atoms with Gasteiger partial charge in [0.1, 0.15) is 0 Å². The monoisotopic (exact) mass is 338 g/mol. The van der Waals surface area contributed by atoms with E-state index in [1.54, 1.807) is 0 Å². The van der Waals surface area contributed by atoms with Crippen LogP contribution in [0.4, 0.5) is 0 Å². The number of carboxylic acids is 2. The van der Waals surface area contributed by atoms with Crippen molar-refractivity contribution in [2.75, 3.05) is 26.2 Å². The predicted octanol–water partition coefficient (Wildman–Crippen LogP) is 0.956. The van der Waals surface area contributed by atoms with Gasteiger partial charge in [-0.25, -0.2) is 9.59 Å². The third-order valence-corrected chi connectivity index (χ3v) is 4.87. The fourth-order valence-electron chi connectivity index (χ4n) is 3.86. The number of carbonyl (C=O) groups excluding carboxylic acids is 1. The molecule has 0 aromatic carbocycles. The van der Waals surface area contributed by atoms with Gasteiger partial charge in [-0.05, 0) is 44.2 Å². The van der Waals surface area contributed by atoms with Gasteiger partial charge in [0.05, 0.1) is 0 Å². The molecule has 7 heteroatoms. The summed E-state index contributed by atoms with van der Waals surface area (Å²) in [5, 5.41) is 19.1. The standard InChI is InChI=1S/C13H22N2O.C4H4O4/c16-13(12-3-1-2-4-12)15-8-10-5-11(9-15)7-14-6-10;5-3(6)1-2-4(7)8/h10-12,14H,1-9H2;1-2H,(H,5,6)(H,7,8)/b;2-1+/t10-,11+;. The first-order chi connectivity index (χ1) is 11.5. The summed E-state index contributed by atoms with van der Waals surface area (Å²) < 4.78 is 0. The van der Waals surface area contributed by atoms with Gasteiger partial charge in [-0.15, -0.1) is 0 Å². The molecule has 1 aliphatic carbocycles. The summed E-state index contributed by atoms with van der Waals surface area (Å²) in [6.45, 7) is 4.26. The predicted molar refractivity (Wildman–Crippen MR) is 87.4 cm³/mol. The Hall–Kier alpha value is -1.89. The molecule has 24 heavy (non-hydrogen) atoms. The summed E-state index contributed by atoms with van der Waals surface area (Å²) >= 11 is 0. The molecule has 2 bridgehead atoms. The minimum atomic E-state index is -1.26. The van der Waals surface area contributed by atoms with E-state index in [0.717, 1.165) is 50.9 Å². The van der Waals surface area contributed by atoms with Crippen LogP contribution in [0.3, 0.4) is 0 Å². The Morgan fingerprint density at radius 2 is 1.42 bits per heavy atom. The zero-order valence-electron chi connectivity index (χ0n) is 13.8. The highest BCUT2D eigenvalue weighted by Gasteiger charge is 2.35. The molecule has 3 aliphatic rings. The lowest BCUT2D eigenvalue weighted by Crippen LogP contribution is -2.53. The molecule has 2 saturated heterocycles. The van der Waals surface area contributed by atoms with Crippen molar-refractivity contribution in [2.45, 2.75) is 32.1 Å². The number of hydrogen-bond acceptors (Lipinski definition) is 4. The molecule has 0 spiro atoms. The molecule has 0 radical (unpaired) electrons. The molecule has 1 saturated carbocycles. The molecular weight excluding hydrogens is 312 g/mol. The Labute approximate surface area is 141 Å². The average molecular weight is 338 g/mol. The average Bonchev–Trinajstić information content (AvgIpc) is 3.07. The van der Waals surface area contributed by atoms with Crippen molar-refractivity contribution in [3.8, 4) is 0 Å². The minimum Gasteiger partial charge on any atom is -0.478 e. The van der Waals surface area contributed by atoms with Crippen LogP contribution in [0.25, 0.3) is 0 Å². The van der Waals surface area contributed by atoms with E-state index in [1.807, 2.05) is 0 Å². The number of hydrogen-bond donors (Lipinski definition) is 3. The van der Waals surface area contributed by atoms with Crippen molar-refractivity contribution >= 4 is 17.8 Å². The number of fused-ring (bicyclic) bond motifs is 2.